The minimum atomic E-state index is 0.358. The third-order valence-electron chi connectivity index (χ3n) is 7.75. The molecule has 0 fully saturated rings. The zero-order valence-electron chi connectivity index (χ0n) is 18.7. The molecule has 0 spiro atoms. The molecule has 0 amide bonds. The van der Waals surface area contributed by atoms with Crippen molar-refractivity contribution in [2.24, 2.45) is 52.3 Å². The maximum absolute atomic E-state index is 2.60. The molecular weight excluding hydrogens is 276 g/mol. The van der Waals surface area contributed by atoms with Gasteiger partial charge in [-0.05, 0) is 58.7 Å². The van der Waals surface area contributed by atoms with Crippen LogP contribution < -0.4 is 0 Å². The highest BCUT2D eigenvalue weighted by Crippen LogP contribution is 2.62. The van der Waals surface area contributed by atoms with Crippen molar-refractivity contribution in [1.29, 1.82) is 0 Å². The summed E-state index contributed by atoms with van der Waals surface area (Å²) in [6, 6.07) is 0. The molecule has 0 aliphatic carbocycles. The highest BCUT2D eigenvalue weighted by molar-refractivity contribution is 5.03. The summed E-state index contributed by atoms with van der Waals surface area (Å²) in [7, 11) is 0. The topological polar surface area (TPSA) is 0 Å². The van der Waals surface area contributed by atoms with E-state index in [1.165, 1.54) is 6.42 Å². The van der Waals surface area contributed by atoms with Gasteiger partial charge in [0.15, 0.2) is 0 Å². The molecule has 0 heteroatoms. The van der Waals surface area contributed by atoms with Crippen molar-refractivity contribution < 1.29 is 0 Å². The summed E-state index contributed by atoms with van der Waals surface area (Å²) >= 11 is 0. The summed E-state index contributed by atoms with van der Waals surface area (Å²) in [5, 5.41) is 0. The molecule has 0 aromatic heterocycles. The lowest BCUT2D eigenvalue weighted by molar-refractivity contribution is -0.126. The van der Waals surface area contributed by atoms with Crippen molar-refractivity contribution in [3.63, 3.8) is 0 Å². The first kappa shape index (κ1) is 23.0. The van der Waals surface area contributed by atoms with E-state index in [1.54, 1.807) is 0 Å². The molecule has 140 valence electrons. The van der Waals surface area contributed by atoms with Crippen LogP contribution in [-0.4, -0.2) is 0 Å². The van der Waals surface area contributed by atoms with Crippen molar-refractivity contribution in [2.45, 2.75) is 96.4 Å². The van der Waals surface area contributed by atoms with Gasteiger partial charge in [0.25, 0.3) is 0 Å². The maximum Gasteiger partial charge on any atom is -0.0190 e. The maximum atomic E-state index is 2.60. The van der Waals surface area contributed by atoms with Crippen molar-refractivity contribution in [1.82, 2.24) is 0 Å². The molecule has 0 atom stereocenters. The first-order valence-electron chi connectivity index (χ1n) is 10.3. The van der Waals surface area contributed by atoms with Gasteiger partial charge in [-0.15, -0.1) is 0 Å². The van der Waals surface area contributed by atoms with Gasteiger partial charge in [-0.2, -0.15) is 0 Å². The van der Waals surface area contributed by atoms with Crippen LogP contribution in [0.15, 0.2) is 0 Å². The number of hydrogen-bond donors (Lipinski definition) is 0. The van der Waals surface area contributed by atoms with Crippen molar-refractivity contribution in [3.05, 3.63) is 0 Å². The van der Waals surface area contributed by atoms with Crippen LogP contribution in [0, 0.1) is 52.3 Å². The summed E-state index contributed by atoms with van der Waals surface area (Å²) in [5.74, 6) is 5.14. The lowest BCUT2D eigenvalue weighted by Gasteiger charge is -2.61. The van der Waals surface area contributed by atoms with Gasteiger partial charge in [0.1, 0.15) is 0 Å². The Hall–Kier alpha value is 0. The third kappa shape index (κ3) is 4.16. The van der Waals surface area contributed by atoms with E-state index in [-0.39, 0.29) is 0 Å². The largest absolute Gasteiger partial charge is 0.0625 e. The highest BCUT2D eigenvalue weighted by Gasteiger charge is 2.55. The molecule has 0 N–H and O–H groups in total. The molecular formula is C23H48. The van der Waals surface area contributed by atoms with E-state index in [9.17, 15) is 0 Å². The van der Waals surface area contributed by atoms with Crippen LogP contribution in [0.4, 0.5) is 0 Å². The Bertz CT molecular complexity index is 306. The van der Waals surface area contributed by atoms with E-state index in [1.807, 2.05) is 0 Å². The van der Waals surface area contributed by atoms with E-state index < -0.39 is 0 Å². The SMILES string of the molecule is CC(C)C(CC(C(C)C)(C(C)C)C(C)(C(C)C)C(C)C)C(C)C. The van der Waals surface area contributed by atoms with Crippen LogP contribution >= 0.6 is 0 Å². The van der Waals surface area contributed by atoms with Crippen LogP contribution in [0.1, 0.15) is 96.4 Å². The van der Waals surface area contributed by atoms with Crippen LogP contribution in [0.2, 0.25) is 0 Å². The number of rotatable bonds is 9. The van der Waals surface area contributed by atoms with Gasteiger partial charge >= 0.3 is 0 Å². The minimum Gasteiger partial charge on any atom is -0.0625 e. The summed E-state index contributed by atoms with van der Waals surface area (Å²) in [6.45, 7) is 32.1. The molecule has 0 rings (SSSR count). The third-order valence-corrected chi connectivity index (χ3v) is 7.75. The van der Waals surface area contributed by atoms with Crippen LogP contribution in [-0.2, 0) is 0 Å². The fourth-order valence-electron chi connectivity index (χ4n) is 5.97. The Morgan fingerprint density at radius 3 is 1.00 bits per heavy atom. The van der Waals surface area contributed by atoms with Gasteiger partial charge in [0.2, 0.25) is 0 Å². The summed E-state index contributed by atoms with van der Waals surface area (Å²) in [4.78, 5) is 0. The van der Waals surface area contributed by atoms with Crippen LogP contribution in [0.5, 0.6) is 0 Å². The Balaban J connectivity index is 6.32. The lowest BCUT2D eigenvalue weighted by Crippen LogP contribution is -2.55. The Morgan fingerprint density at radius 1 is 0.522 bits per heavy atom. The molecule has 0 saturated carbocycles. The monoisotopic (exact) mass is 324 g/mol. The predicted octanol–water partition coefficient (Wildman–Crippen LogP) is 7.92. The molecule has 0 radical (unpaired) electrons. The van der Waals surface area contributed by atoms with Crippen molar-refractivity contribution in [3.8, 4) is 0 Å². The Kier molecular flexibility index (Phi) is 8.39. The molecule has 23 heavy (non-hydrogen) atoms. The average Bonchev–Trinajstić information content (AvgIpc) is 2.36. The molecule has 0 saturated heterocycles. The molecule has 0 heterocycles. The molecule has 0 aromatic carbocycles. The lowest BCUT2D eigenvalue weighted by atomic mass is 9.44. The van der Waals surface area contributed by atoms with E-state index in [0.29, 0.717) is 34.5 Å². The standard InChI is InChI=1S/C23H48/c1-15(2)21(16(3)4)14-23(19(9)10,20(11)12)22(13,17(5)6)18(7)8/h15-21H,14H2,1-13H3. The highest BCUT2D eigenvalue weighted by atomic mass is 14.6. The van der Waals surface area contributed by atoms with E-state index in [0.717, 1.165) is 17.8 Å². The quantitative estimate of drug-likeness (QED) is 0.404. The Morgan fingerprint density at radius 2 is 0.826 bits per heavy atom. The Labute approximate surface area is 149 Å². The minimum absolute atomic E-state index is 0.358. The molecule has 0 nitrogen and oxygen atoms in total. The van der Waals surface area contributed by atoms with Gasteiger partial charge in [-0.1, -0.05) is 90.0 Å². The van der Waals surface area contributed by atoms with Gasteiger partial charge in [0, 0.05) is 0 Å². The van der Waals surface area contributed by atoms with E-state index in [4.69, 9.17) is 0 Å². The van der Waals surface area contributed by atoms with Crippen LogP contribution in [0.25, 0.3) is 0 Å². The van der Waals surface area contributed by atoms with Crippen LogP contribution in [0.3, 0.4) is 0 Å². The van der Waals surface area contributed by atoms with Gasteiger partial charge in [-0.3, -0.25) is 0 Å². The van der Waals surface area contributed by atoms with E-state index in [2.05, 4.69) is 90.0 Å². The fourth-order valence-corrected chi connectivity index (χ4v) is 5.97. The molecule has 0 aliphatic rings. The molecule has 0 unspecified atom stereocenters. The normalized spacial score (nSPS) is 14.6. The van der Waals surface area contributed by atoms with Crippen molar-refractivity contribution >= 4 is 0 Å². The van der Waals surface area contributed by atoms with E-state index >= 15 is 0 Å². The molecule has 0 bridgehead atoms. The summed E-state index contributed by atoms with van der Waals surface area (Å²) < 4.78 is 0. The zero-order chi connectivity index (χ0) is 18.7. The summed E-state index contributed by atoms with van der Waals surface area (Å²) in [5.41, 5.74) is 0.742. The van der Waals surface area contributed by atoms with Gasteiger partial charge < -0.3 is 0 Å². The van der Waals surface area contributed by atoms with Gasteiger partial charge in [0.05, 0.1) is 0 Å². The molecule has 0 aliphatic heterocycles. The first-order valence-corrected chi connectivity index (χ1v) is 10.3. The fraction of sp³-hybridized carbons (Fsp3) is 1.00. The van der Waals surface area contributed by atoms with Crippen molar-refractivity contribution in [2.75, 3.05) is 0 Å². The summed E-state index contributed by atoms with van der Waals surface area (Å²) in [6.07, 6.45) is 1.37. The van der Waals surface area contributed by atoms with Gasteiger partial charge in [-0.25, -0.2) is 0 Å². The second-order valence-corrected chi connectivity index (χ2v) is 10.3. The smallest absolute Gasteiger partial charge is 0.0190 e. The average molecular weight is 325 g/mol. The first-order chi connectivity index (χ1) is 10.3. The second kappa shape index (κ2) is 8.39. The number of hydrogen-bond acceptors (Lipinski definition) is 0. The second-order valence-electron chi connectivity index (χ2n) is 10.3. The molecule has 0 aromatic rings. The predicted molar refractivity (Wildman–Crippen MR) is 108 cm³/mol. The zero-order valence-corrected chi connectivity index (χ0v) is 18.7.